The van der Waals surface area contributed by atoms with Crippen molar-refractivity contribution in [2.24, 2.45) is 0 Å². The third-order valence-corrected chi connectivity index (χ3v) is 6.32. The van der Waals surface area contributed by atoms with E-state index < -0.39 is 5.97 Å². The van der Waals surface area contributed by atoms with E-state index in [-0.39, 0.29) is 5.56 Å². The van der Waals surface area contributed by atoms with Crippen LogP contribution in [0.2, 0.25) is 0 Å². The predicted molar refractivity (Wildman–Crippen MR) is 131 cm³/mol. The fourth-order valence-corrected chi connectivity index (χ4v) is 4.35. The van der Waals surface area contributed by atoms with Crippen molar-refractivity contribution in [1.82, 2.24) is 9.78 Å². The minimum atomic E-state index is -0.939. The molecule has 0 spiro atoms. The van der Waals surface area contributed by atoms with E-state index in [0.29, 0.717) is 5.69 Å². The van der Waals surface area contributed by atoms with Gasteiger partial charge in [-0.15, -0.1) is 0 Å². The number of para-hydroxylation sites is 1. The first kappa shape index (κ1) is 21.3. The Morgan fingerprint density at radius 2 is 1.65 bits per heavy atom. The molecule has 0 unspecified atom stereocenters. The molecule has 156 valence electrons. The third-order valence-electron chi connectivity index (χ3n) is 5.26. The molecule has 0 aliphatic rings. The van der Waals surface area contributed by atoms with Crippen LogP contribution >= 0.6 is 22.6 Å². The van der Waals surface area contributed by atoms with Crippen LogP contribution in [0.15, 0.2) is 66.7 Å². The summed E-state index contributed by atoms with van der Waals surface area (Å²) in [6.07, 6.45) is 0. The van der Waals surface area contributed by atoms with Gasteiger partial charge in [0.25, 0.3) is 0 Å². The number of halogens is 1. The highest BCUT2D eigenvalue weighted by molar-refractivity contribution is 14.1. The van der Waals surface area contributed by atoms with Crippen LogP contribution in [0.4, 0.5) is 11.5 Å². The maximum Gasteiger partial charge on any atom is 0.341 e. The highest BCUT2D eigenvalue weighted by atomic mass is 127. The molecule has 0 aliphatic heterocycles. The molecule has 0 fully saturated rings. The molecule has 1 aromatic heterocycles. The molecule has 0 aliphatic carbocycles. The average molecular weight is 524 g/mol. The zero-order chi connectivity index (χ0) is 22.1. The average Bonchev–Trinajstić information content (AvgIpc) is 3.06. The molecule has 4 aromatic rings. The van der Waals surface area contributed by atoms with Crippen molar-refractivity contribution in [1.29, 1.82) is 0 Å². The molecule has 0 bridgehead atoms. The summed E-state index contributed by atoms with van der Waals surface area (Å²) in [6, 6.07) is 21.8. The number of nitrogens with zero attached hydrogens (tertiary/aromatic N) is 2. The second-order valence-electron chi connectivity index (χ2n) is 7.65. The lowest BCUT2D eigenvalue weighted by atomic mass is 10.1. The Labute approximate surface area is 194 Å². The van der Waals surface area contributed by atoms with Crippen molar-refractivity contribution >= 4 is 40.1 Å². The van der Waals surface area contributed by atoms with Gasteiger partial charge >= 0.3 is 5.97 Å². The van der Waals surface area contributed by atoms with Gasteiger partial charge < -0.3 is 5.11 Å². The highest BCUT2D eigenvalue weighted by Crippen LogP contribution is 2.31. The van der Waals surface area contributed by atoms with Gasteiger partial charge in [-0.1, -0.05) is 54.1 Å². The molecule has 5 nitrogen and oxygen atoms in total. The van der Waals surface area contributed by atoms with Crippen LogP contribution in [0, 0.1) is 24.3 Å². The summed E-state index contributed by atoms with van der Waals surface area (Å²) in [6.45, 7) is 6.01. The quantitative estimate of drug-likeness (QED) is 0.275. The molecule has 6 heteroatoms. The summed E-state index contributed by atoms with van der Waals surface area (Å²) in [4.78, 5) is 11.9. The van der Waals surface area contributed by atoms with E-state index in [2.05, 4.69) is 53.8 Å². The molecule has 3 N–H and O–H groups in total. The van der Waals surface area contributed by atoms with Crippen LogP contribution in [0.25, 0.3) is 16.9 Å². The van der Waals surface area contributed by atoms with Crippen LogP contribution in [0.5, 0.6) is 0 Å². The summed E-state index contributed by atoms with van der Waals surface area (Å²) in [5, 5.41) is 16.6. The maximum atomic E-state index is 11.9. The number of carboxylic acids is 1. The van der Waals surface area contributed by atoms with E-state index in [1.165, 1.54) is 5.56 Å². The lowest BCUT2D eigenvalue weighted by molar-refractivity contribution is -0.485. The van der Waals surface area contributed by atoms with Gasteiger partial charge in [0.1, 0.15) is 14.8 Å². The van der Waals surface area contributed by atoms with E-state index in [1.54, 1.807) is 6.07 Å². The van der Waals surface area contributed by atoms with E-state index in [9.17, 15) is 9.90 Å². The monoisotopic (exact) mass is 524 g/mol. The molecule has 1 heterocycles. The summed E-state index contributed by atoms with van der Waals surface area (Å²) in [5.41, 5.74) is 7.00. The predicted octanol–water partition coefficient (Wildman–Crippen LogP) is 5.29. The van der Waals surface area contributed by atoms with Crippen molar-refractivity contribution in [3.05, 3.63) is 92.6 Å². The lowest BCUT2D eigenvalue weighted by Gasteiger charge is -2.10. The van der Waals surface area contributed by atoms with Crippen LogP contribution in [0.3, 0.4) is 0 Å². The van der Waals surface area contributed by atoms with Gasteiger partial charge in [-0.05, 0) is 66.6 Å². The summed E-state index contributed by atoms with van der Waals surface area (Å²) in [7, 11) is 0. The van der Waals surface area contributed by atoms with Crippen LogP contribution < -0.4 is 5.32 Å². The number of hydrogen-bond donors (Lipinski definition) is 2. The number of hydrogen-bond acceptors (Lipinski definition) is 2. The number of aryl methyl sites for hydroxylation is 3. The zero-order valence-electron chi connectivity index (χ0n) is 17.6. The standard InChI is InChI=1S/C25H22IN3O2/c1-15-8-11-18(12-9-15)23-22(26)24(29(28-23)21-7-5-4-6-17(21)3)27-20-13-10-16(2)14-19(20)25(30)31/h4-14,27H,1-3H3,(H,30,31)/p+1. The lowest BCUT2D eigenvalue weighted by Crippen LogP contribution is -2.73. The Kier molecular flexibility index (Phi) is 5.93. The van der Waals surface area contributed by atoms with Crippen molar-refractivity contribution in [2.75, 3.05) is 0 Å². The van der Waals surface area contributed by atoms with Gasteiger partial charge in [0.15, 0.2) is 5.69 Å². The molecule has 0 amide bonds. The maximum absolute atomic E-state index is 11.9. The number of aromatic carboxylic acids is 1. The number of quaternary nitrogens is 1. The molecule has 3 aromatic carbocycles. The largest absolute Gasteiger partial charge is 0.477 e. The number of benzene rings is 3. The first-order valence-electron chi connectivity index (χ1n) is 9.95. The normalized spacial score (nSPS) is 11.0. The van der Waals surface area contributed by atoms with E-state index in [1.807, 2.05) is 60.2 Å². The van der Waals surface area contributed by atoms with Crippen LogP contribution in [-0.2, 0) is 0 Å². The van der Waals surface area contributed by atoms with Crippen molar-refractivity contribution < 1.29 is 15.2 Å². The van der Waals surface area contributed by atoms with Gasteiger partial charge in [-0.2, -0.15) is 9.78 Å². The topological polar surface area (TPSA) is 71.7 Å². The van der Waals surface area contributed by atoms with Gasteiger partial charge in [-0.25, -0.2) is 4.79 Å². The molecule has 31 heavy (non-hydrogen) atoms. The van der Waals surface area contributed by atoms with E-state index in [4.69, 9.17) is 5.10 Å². The number of nitrogens with two attached hydrogens (primary N) is 1. The number of rotatable bonds is 5. The Hall–Kier alpha value is -2.97. The first-order valence-corrected chi connectivity index (χ1v) is 11.0. The second kappa shape index (κ2) is 8.64. The SMILES string of the molecule is Cc1ccc(-c2nn(-c3ccccc3C)c([NH2+]c3ccc(C)cc3C(=O)O)c2I)cc1. The van der Waals surface area contributed by atoms with E-state index in [0.717, 1.165) is 37.5 Å². The fourth-order valence-electron chi connectivity index (χ4n) is 3.55. The molecule has 0 saturated heterocycles. The smallest absolute Gasteiger partial charge is 0.341 e. The molecular weight excluding hydrogens is 501 g/mol. The first-order chi connectivity index (χ1) is 14.8. The Bertz CT molecular complexity index is 1280. The van der Waals surface area contributed by atoms with Crippen LogP contribution in [0.1, 0.15) is 27.0 Å². The third kappa shape index (κ3) is 4.26. The number of carbonyl (C=O) groups is 1. The molecular formula is C25H23IN3O2+. The molecule has 0 radical (unpaired) electrons. The molecule has 4 rings (SSSR count). The molecule has 0 saturated carbocycles. The summed E-state index contributed by atoms with van der Waals surface area (Å²) < 4.78 is 2.89. The highest BCUT2D eigenvalue weighted by Gasteiger charge is 2.25. The van der Waals surface area contributed by atoms with Gasteiger partial charge in [0, 0.05) is 11.6 Å². The minimum Gasteiger partial charge on any atom is -0.477 e. The van der Waals surface area contributed by atoms with Crippen molar-refractivity contribution in [2.45, 2.75) is 20.8 Å². The fraction of sp³-hybridized carbons (Fsp3) is 0.120. The Balaban J connectivity index is 1.91. The number of aromatic nitrogens is 2. The van der Waals surface area contributed by atoms with Crippen LogP contribution in [-0.4, -0.2) is 20.9 Å². The second-order valence-corrected chi connectivity index (χ2v) is 8.73. The van der Waals surface area contributed by atoms with Gasteiger partial charge in [0.05, 0.1) is 5.69 Å². The summed E-state index contributed by atoms with van der Waals surface area (Å²) >= 11 is 2.31. The molecule has 0 atom stereocenters. The zero-order valence-corrected chi connectivity index (χ0v) is 19.7. The Morgan fingerprint density at radius 1 is 0.968 bits per heavy atom. The number of carboxylic acid groups (broad SMARTS) is 1. The van der Waals surface area contributed by atoms with Gasteiger partial charge in [-0.3, -0.25) is 5.32 Å². The summed E-state index contributed by atoms with van der Waals surface area (Å²) in [5.74, 6) is -0.0810. The van der Waals surface area contributed by atoms with Crippen molar-refractivity contribution in [3.63, 3.8) is 0 Å². The minimum absolute atomic E-state index is 0.283. The van der Waals surface area contributed by atoms with Crippen molar-refractivity contribution in [3.8, 4) is 16.9 Å². The van der Waals surface area contributed by atoms with E-state index >= 15 is 0 Å². The van der Waals surface area contributed by atoms with Gasteiger partial charge in [0.2, 0.25) is 5.82 Å². The Morgan fingerprint density at radius 3 is 2.32 bits per heavy atom.